The number of carbonyl (C=O) groups is 2. The zero-order valence-electron chi connectivity index (χ0n) is 24.9. The third-order valence-electron chi connectivity index (χ3n) is 12.0. The number of rotatable bonds is 7. The average Bonchev–Trinajstić information content (AvgIpc) is 3.06. The van der Waals surface area contributed by atoms with Crippen LogP contribution in [0.15, 0.2) is 12.2 Å². The highest BCUT2D eigenvalue weighted by Gasteiger charge is 2.67. The molecule has 8 nitrogen and oxygen atoms in total. The summed E-state index contributed by atoms with van der Waals surface area (Å²) in [6.07, 6.45) is 2.90. The Labute approximate surface area is 238 Å². The van der Waals surface area contributed by atoms with Gasteiger partial charge in [-0.1, -0.05) is 41.2 Å². The van der Waals surface area contributed by atoms with E-state index in [9.17, 15) is 24.9 Å². The first-order valence-electron chi connectivity index (χ1n) is 15.5. The van der Waals surface area contributed by atoms with Gasteiger partial charge < -0.3 is 29.5 Å². The summed E-state index contributed by atoms with van der Waals surface area (Å²) in [5.41, 5.74) is 0.398. The van der Waals surface area contributed by atoms with E-state index in [4.69, 9.17) is 14.2 Å². The third kappa shape index (κ3) is 4.84. The largest absolute Gasteiger partial charge is 0.481 e. The monoisotopic (exact) mass is 562 g/mol. The van der Waals surface area contributed by atoms with E-state index in [0.717, 1.165) is 37.7 Å². The Morgan fingerprint density at radius 2 is 1.88 bits per heavy atom. The number of carboxylic acids is 1. The minimum absolute atomic E-state index is 0.00849. The van der Waals surface area contributed by atoms with E-state index in [0.29, 0.717) is 18.8 Å². The summed E-state index contributed by atoms with van der Waals surface area (Å²) in [5, 5.41) is 31.8. The molecule has 3 N–H and O–H groups in total. The molecule has 40 heavy (non-hydrogen) atoms. The molecule has 0 amide bonds. The van der Waals surface area contributed by atoms with Crippen LogP contribution in [-0.4, -0.2) is 64.6 Å². The standard InChI is InChI=1S/C32H50O8/c1-16(2)11-26(34)40-27-18(4)17(3)24(15-33)39-30(27)38-21-12-22(29(36)37)23-9-10-32-13-20(19(5)28(32)35)7-8-25(32)31(23,6)14-21/h16-18,20-25,27-28,30,33,35H,5,7-15H2,1-4,6H3,(H,36,37)/t17?,18-,20?,21?,22?,23?,24?,25?,27?,28?,30?,31?,32?/m0/s1. The molecule has 8 heteroatoms. The molecule has 1 aliphatic heterocycles. The van der Waals surface area contributed by atoms with Gasteiger partial charge >= 0.3 is 11.9 Å². The zero-order chi connectivity index (χ0) is 29.1. The Morgan fingerprint density at radius 1 is 1.15 bits per heavy atom. The highest BCUT2D eigenvalue weighted by Crippen LogP contribution is 2.70. The number of aliphatic hydroxyl groups is 2. The van der Waals surface area contributed by atoms with E-state index in [-0.39, 0.29) is 59.4 Å². The van der Waals surface area contributed by atoms with E-state index >= 15 is 0 Å². The van der Waals surface area contributed by atoms with Crippen molar-refractivity contribution >= 4 is 11.9 Å². The molecule has 13 atom stereocenters. The van der Waals surface area contributed by atoms with Gasteiger partial charge in [0.2, 0.25) is 0 Å². The molecule has 0 aromatic heterocycles. The van der Waals surface area contributed by atoms with E-state index in [1.165, 1.54) is 0 Å². The van der Waals surface area contributed by atoms with Crippen molar-refractivity contribution < 1.29 is 39.1 Å². The van der Waals surface area contributed by atoms with Crippen LogP contribution in [0, 0.1) is 52.3 Å². The molecule has 0 radical (unpaired) electrons. The molecule has 0 aromatic rings. The van der Waals surface area contributed by atoms with Crippen molar-refractivity contribution in [2.45, 2.75) is 117 Å². The van der Waals surface area contributed by atoms with Gasteiger partial charge in [-0.05, 0) is 85.5 Å². The van der Waals surface area contributed by atoms with Crippen LogP contribution in [0.25, 0.3) is 0 Å². The number of aliphatic hydroxyl groups excluding tert-OH is 2. The molecule has 12 unspecified atom stereocenters. The number of ether oxygens (including phenoxy) is 3. The minimum Gasteiger partial charge on any atom is -0.481 e. The van der Waals surface area contributed by atoms with Crippen molar-refractivity contribution in [1.82, 2.24) is 0 Å². The number of fused-ring (bicyclic) bond motifs is 3. The fourth-order valence-electron chi connectivity index (χ4n) is 9.80. The highest BCUT2D eigenvalue weighted by molar-refractivity contribution is 5.71. The predicted octanol–water partition coefficient (Wildman–Crippen LogP) is 4.56. The first-order valence-corrected chi connectivity index (χ1v) is 15.5. The SMILES string of the molecule is C=C1C2CCC3C4(C)CC(OC5OC(CO)C(C)[C@H](C)C5OC(=O)CC(C)C)CC(C(=O)O)C4CCC3(C2)C1O. The first kappa shape index (κ1) is 30.0. The molecule has 4 saturated carbocycles. The summed E-state index contributed by atoms with van der Waals surface area (Å²) < 4.78 is 18.8. The predicted molar refractivity (Wildman–Crippen MR) is 148 cm³/mol. The normalized spacial score (nSPS) is 48.4. The minimum atomic E-state index is -0.885. The molecule has 1 spiro atoms. The third-order valence-corrected chi connectivity index (χ3v) is 12.0. The van der Waals surface area contributed by atoms with Crippen LogP contribution in [0.5, 0.6) is 0 Å². The number of carbonyl (C=O) groups excluding carboxylic acids is 1. The van der Waals surface area contributed by atoms with Crippen LogP contribution in [0.1, 0.15) is 86.0 Å². The molecule has 2 bridgehead atoms. The molecule has 1 heterocycles. The van der Waals surface area contributed by atoms with Crippen LogP contribution >= 0.6 is 0 Å². The Bertz CT molecular complexity index is 995. The summed E-state index contributed by atoms with van der Waals surface area (Å²) in [6.45, 7) is 14.2. The molecular weight excluding hydrogens is 512 g/mol. The van der Waals surface area contributed by atoms with E-state index in [2.05, 4.69) is 13.5 Å². The molecule has 4 aliphatic carbocycles. The Hall–Kier alpha value is -1.48. The maximum Gasteiger partial charge on any atom is 0.306 e. The number of hydrogen-bond acceptors (Lipinski definition) is 7. The molecule has 5 fully saturated rings. The summed E-state index contributed by atoms with van der Waals surface area (Å²) in [7, 11) is 0. The fourth-order valence-corrected chi connectivity index (χ4v) is 9.80. The van der Waals surface area contributed by atoms with Gasteiger partial charge in [0.15, 0.2) is 12.4 Å². The van der Waals surface area contributed by atoms with Crippen molar-refractivity contribution in [1.29, 1.82) is 0 Å². The maximum atomic E-state index is 12.7. The van der Waals surface area contributed by atoms with E-state index in [1.54, 1.807) is 0 Å². The van der Waals surface area contributed by atoms with Gasteiger partial charge in [-0.2, -0.15) is 0 Å². The quantitative estimate of drug-likeness (QED) is 0.234. The maximum absolute atomic E-state index is 12.7. The molecule has 5 rings (SSSR count). The van der Waals surface area contributed by atoms with Crippen molar-refractivity contribution in [3.8, 4) is 0 Å². The van der Waals surface area contributed by atoms with Crippen molar-refractivity contribution in [3.05, 3.63) is 12.2 Å². The van der Waals surface area contributed by atoms with Gasteiger partial charge in [-0.3, -0.25) is 9.59 Å². The summed E-state index contributed by atoms with van der Waals surface area (Å²) in [6, 6.07) is 0. The molecule has 0 aromatic carbocycles. The Morgan fingerprint density at radius 3 is 2.52 bits per heavy atom. The summed E-state index contributed by atoms with van der Waals surface area (Å²) >= 11 is 0. The second kappa shape index (κ2) is 11.0. The molecule has 1 saturated heterocycles. The van der Waals surface area contributed by atoms with Crippen molar-refractivity contribution in [2.75, 3.05) is 6.61 Å². The lowest BCUT2D eigenvalue weighted by Crippen LogP contribution is -2.60. The smallest absolute Gasteiger partial charge is 0.306 e. The van der Waals surface area contributed by atoms with Gasteiger partial charge in [0.1, 0.15) is 0 Å². The van der Waals surface area contributed by atoms with Crippen molar-refractivity contribution in [3.63, 3.8) is 0 Å². The van der Waals surface area contributed by atoms with Gasteiger partial charge in [-0.15, -0.1) is 0 Å². The van der Waals surface area contributed by atoms with Crippen LogP contribution in [0.3, 0.4) is 0 Å². The van der Waals surface area contributed by atoms with Gasteiger partial charge in [0.05, 0.1) is 30.8 Å². The first-order chi connectivity index (χ1) is 18.8. The van der Waals surface area contributed by atoms with Crippen LogP contribution in [-0.2, 0) is 23.8 Å². The van der Waals surface area contributed by atoms with E-state index < -0.39 is 42.6 Å². The lowest BCUT2D eigenvalue weighted by Gasteiger charge is -2.62. The Balaban J connectivity index is 1.42. The van der Waals surface area contributed by atoms with Crippen LogP contribution < -0.4 is 0 Å². The lowest BCUT2D eigenvalue weighted by atomic mass is 9.43. The number of hydrogen-bond donors (Lipinski definition) is 3. The molecular formula is C32H50O8. The topological polar surface area (TPSA) is 123 Å². The van der Waals surface area contributed by atoms with Gasteiger partial charge in [-0.25, -0.2) is 0 Å². The van der Waals surface area contributed by atoms with Gasteiger partial charge in [0, 0.05) is 17.8 Å². The number of aliphatic carboxylic acids is 1. The molecule has 226 valence electrons. The number of carboxylic acid groups (broad SMARTS) is 1. The summed E-state index contributed by atoms with van der Waals surface area (Å²) in [4.78, 5) is 25.4. The lowest BCUT2D eigenvalue weighted by molar-refractivity contribution is -0.303. The molecule has 5 aliphatic rings. The van der Waals surface area contributed by atoms with Crippen LogP contribution in [0.4, 0.5) is 0 Å². The van der Waals surface area contributed by atoms with E-state index in [1.807, 2.05) is 27.7 Å². The Kier molecular flexibility index (Phi) is 8.23. The van der Waals surface area contributed by atoms with Crippen molar-refractivity contribution in [2.24, 2.45) is 52.3 Å². The van der Waals surface area contributed by atoms with Crippen LogP contribution in [0.2, 0.25) is 0 Å². The average molecular weight is 563 g/mol. The van der Waals surface area contributed by atoms with Gasteiger partial charge in [0.25, 0.3) is 0 Å². The second-order valence-corrected chi connectivity index (χ2v) is 14.5. The number of esters is 1. The summed E-state index contributed by atoms with van der Waals surface area (Å²) in [5.74, 6) is -1.12. The second-order valence-electron chi connectivity index (χ2n) is 14.5. The zero-order valence-corrected chi connectivity index (χ0v) is 24.9. The highest BCUT2D eigenvalue weighted by atomic mass is 16.7. The fraction of sp³-hybridized carbons (Fsp3) is 0.875.